The normalized spacial score (nSPS) is 10.6. The summed E-state index contributed by atoms with van der Waals surface area (Å²) in [7, 11) is 0. The molecule has 0 saturated carbocycles. The Morgan fingerprint density at radius 2 is 1.77 bits per heavy atom. The molecule has 0 radical (unpaired) electrons. The lowest BCUT2D eigenvalue weighted by Gasteiger charge is -2.09. The molecule has 6 heteroatoms. The van der Waals surface area contributed by atoms with Crippen LogP contribution in [-0.4, -0.2) is 9.91 Å². The molecule has 0 aliphatic carbocycles. The van der Waals surface area contributed by atoms with E-state index in [9.17, 15) is 10.1 Å². The number of ether oxygens (including phenoxy) is 1. The summed E-state index contributed by atoms with van der Waals surface area (Å²) in [5.41, 5.74) is 1.14. The number of hydrogen-bond donors (Lipinski definition) is 0. The van der Waals surface area contributed by atoms with Gasteiger partial charge in [-0.05, 0) is 11.6 Å². The minimum Gasteiger partial charge on any atom is -0.468 e. The zero-order chi connectivity index (χ0) is 15.5. The van der Waals surface area contributed by atoms with Gasteiger partial charge >= 0.3 is 5.69 Å². The molecule has 22 heavy (non-hydrogen) atoms. The number of fused-ring (bicyclic) bond motifs is 1. The standard InChI is InChI=1S/C16H11ClN2O3/c17-14-12-8-4-5-9-13(12)18-16(15(14)19(20)21)22-10-11-6-2-1-3-7-11/h1-9H,10H2. The molecule has 110 valence electrons. The topological polar surface area (TPSA) is 65.3 Å². The van der Waals surface area contributed by atoms with Gasteiger partial charge in [0.15, 0.2) is 0 Å². The molecule has 0 atom stereocenters. The fourth-order valence-corrected chi connectivity index (χ4v) is 2.43. The molecule has 1 aromatic heterocycles. The number of hydrogen-bond acceptors (Lipinski definition) is 4. The summed E-state index contributed by atoms with van der Waals surface area (Å²) in [4.78, 5) is 15.0. The predicted octanol–water partition coefficient (Wildman–Crippen LogP) is 4.38. The molecular weight excluding hydrogens is 304 g/mol. The van der Waals surface area contributed by atoms with E-state index in [0.717, 1.165) is 5.56 Å². The van der Waals surface area contributed by atoms with Crippen LogP contribution in [0, 0.1) is 10.1 Å². The van der Waals surface area contributed by atoms with Crippen LogP contribution >= 0.6 is 11.6 Å². The van der Waals surface area contributed by atoms with Gasteiger partial charge in [0, 0.05) is 5.39 Å². The minimum absolute atomic E-state index is 0.0404. The number of nitro groups is 1. The highest BCUT2D eigenvalue weighted by Crippen LogP contribution is 2.38. The summed E-state index contributed by atoms with van der Waals surface area (Å²) in [5, 5.41) is 11.9. The Labute approximate surface area is 131 Å². The van der Waals surface area contributed by atoms with E-state index in [1.807, 2.05) is 30.3 Å². The van der Waals surface area contributed by atoms with Crippen LogP contribution in [0.3, 0.4) is 0 Å². The number of rotatable bonds is 4. The van der Waals surface area contributed by atoms with E-state index in [0.29, 0.717) is 10.9 Å². The molecular formula is C16H11ClN2O3. The van der Waals surface area contributed by atoms with Crippen LogP contribution in [0.1, 0.15) is 5.56 Å². The SMILES string of the molecule is O=[N+]([O-])c1c(OCc2ccccc2)nc2ccccc2c1Cl. The first kappa shape index (κ1) is 14.3. The smallest absolute Gasteiger partial charge is 0.350 e. The van der Waals surface area contributed by atoms with E-state index in [-0.39, 0.29) is 23.2 Å². The van der Waals surface area contributed by atoms with E-state index in [1.165, 1.54) is 0 Å². The van der Waals surface area contributed by atoms with E-state index in [1.54, 1.807) is 24.3 Å². The second-order valence-electron chi connectivity index (χ2n) is 4.63. The summed E-state index contributed by atoms with van der Waals surface area (Å²) in [6.07, 6.45) is 0. The van der Waals surface area contributed by atoms with Crippen molar-refractivity contribution in [2.45, 2.75) is 6.61 Å². The van der Waals surface area contributed by atoms with Crippen molar-refractivity contribution in [1.82, 2.24) is 4.98 Å². The first-order valence-corrected chi connectivity index (χ1v) is 6.94. The second-order valence-corrected chi connectivity index (χ2v) is 5.01. The van der Waals surface area contributed by atoms with Crippen molar-refractivity contribution in [2.24, 2.45) is 0 Å². The molecule has 3 aromatic rings. The first-order chi connectivity index (χ1) is 10.7. The average Bonchev–Trinajstić information content (AvgIpc) is 2.53. The van der Waals surface area contributed by atoms with Crippen molar-refractivity contribution >= 4 is 28.2 Å². The van der Waals surface area contributed by atoms with E-state index < -0.39 is 4.92 Å². The Morgan fingerprint density at radius 1 is 1.09 bits per heavy atom. The maximum Gasteiger partial charge on any atom is 0.350 e. The molecule has 0 aliphatic heterocycles. The Morgan fingerprint density at radius 3 is 2.50 bits per heavy atom. The van der Waals surface area contributed by atoms with Crippen LogP contribution in [0.4, 0.5) is 5.69 Å². The fourth-order valence-electron chi connectivity index (χ4n) is 2.13. The lowest BCUT2D eigenvalue weighted by Crippen LogP contribution is -2.02. The highest BCUT2D eigenvalue weighted by atomic mass is 35.5. The molecule has 0 N–H and O–H groups in total. The van der Waals surface area contributed by atoms with Crippen LogP contribution in [-0.2, 0) is 6.61 Å². The van der Waals surface area contributed by atoms with Gasteiger partial charge in [-0.25, -0.2) is 4.98 Å². The summed E-state index contributed by atoms with van der Waals surface area (Å²) in [6.45, 7) is 0.184. The number of nitrogens with zero attached hydrogens (tertiary/aromatic N) is 2. The van der Waals surface area contributed by atoms with Gasteiger partial charge in [-0.15, -0.1) is 0 Å². The lowest BCUT2D eigenvalue weighted by molar-refractivity contribution is -0.386. The van der Waals surface area contributed by atoms with Crippen molar-refractivity contribution in [3.8, 4) is 5.88 Å². The van der Waals surface area contributed by atoms with E-state index in [4.69, 9.17) is 16.3 Å². The third kappa shape index (κ3) is 2.71. The Hall–Kier alpha value is -2.66. The summed E-state index contributed by atoms with van der Waals surface area (Å²) in [6, 6.07) is 16.3. The molecule has 0 spiro atoms. The molecule has 5 nitrogen and oxygen atoms in total. The van der Waals surface area contributed by atoms with Crippen LogP contribution in [0.5, 0.6) is 5.88 Å². The van der Waals surface area contributed by atoms with Gasteiger partial charge in [0.2, 0.25) is 0 Å². The van der Waals surface area contributed by atoms with Gasteiger partial charge in [-0.2, -0.15) is 0 Å². The second kappa shape index (κ2) is 5.99. The summed E-state index contributed by atoms with van der Waals surface area (Å²) >= 11 is 6.16. The summed E-state index contributed by atoms with van der Waals surface area (Å²) < 4.78 is 5.54. The van der Waals surface area contributed by atoms with Gasteiger partial charge in [0.25, 0.3) is 5.88 Å². The molecule has 2 aromatic carbocycles. The fraction of sp³-hybridized carbons (Fsp3) is 0.0625. The van der Waals surface area contributed by atoms with Crippen molar-refractivity contribution in [3.05, 3.63) is 75.3 Å². The zero-order valence-corrected chi connectivity index (χ0v) is 12.2. The third-order valence-electron chi connectivity index (χ3n) is 3.17. The molecule has 0 aliphatic rings. The summed E-state index contributed by atoms with van der Waals surface area (Å²) in [5.74, 6) is -0.0717. The van der Waals surface area contributed by atoms with Crippen LogP contribution < -0.4 is 4.74 Å². The number of aromatic nitrogens is 1. The van der Waals surface area contributed by atoms with Crippen molar-refractivity contribution < 1.29 is 9.66 Å². The number of halogens is 1. The average molecular weight is 315 g/mol. The predicted molar refractivity (Wildman–Crippen MR) is 84.2 cm³/mol. The lowest BCUT2D eigenvalue weighted by atomic mass is 10.2. The van der Waals surface area contributed by atoms with E-state index in [2.05, 4.69) is 4.98 Å². The Kier molecular flexibility index (Phi) is 3.89. The Balaban J connectivity index is 2.04. The molecule has 0 saturated heterocycles. The highest BCUT2D eigenvalue weighted by Gasteiger charge is 2.25. The molecule has 1 heterocycles. The zero-order valence-electron chi connectivity index (χ0n) is 11.4. The molecule has 0 bridgehead atoms. The van der Waals surface area contributed by atoms with Gasteiger partial charge in [-0.1, -0.05) is 60.1 Å². The minimum atomic E-state index is -0.567. The van der Waals surface area contributed by atoms with Crippen molar-refractivity contribution in [1.29, 1.82) is 0 Å². The monoisotopic (exact) mass is 314 g/mol. The first-order valence-electron chi connectivity index (χ1n) is 6.56. The van der Waals surface area contributed by atoms with Crippen molar-refractivity contribution in [2.75, 3.05) is 0 Å². The number of benzene rings is 2. The molecule has 0 amide bonds. The third-order valence-corrected chi connectivity index (χ3v) is 3.56. The van der Waals surface area contributed by atoms with Gasteiger partial charge in [-0.3, -0.25) is 10.1 Å². The van der Waals surface area contributed by atoms with Gasteiger partial charge in [0.1, 0.15) is 11.6 Å². The molecule has 0 unspecified atom stereocenters. The Bertz CT molecular complexity index is 837. The van der Waals surface area contributed by atoms with Crippen LogP contribution in [0.15, 0.2) is 54.6 Å². The maximum atomic E-state index is 11.3. The van der Waals surface area contributed by atoms with Crippen molar-refractivity contribution in [3.63, 3.8) is 0 Å². The van der Waals surface area contributed by atoms with E-state index >= 15 is 0 Å². The maximum absolute atomic E-state index is 11.3. The van der Waals surface area contributed by atoms with Gasteiger partial charge < -0.3 is 4.74 Å². The van der Waals surface area contributed by atoms with Crippen LogP contribution in [0.2, 0.25) is 5.02 Å². The largest absolute Gasteiger partial charge is 0.468 e. The number of para-hydroxylation sites is 1. The quantitative estimate of drug-likeness (QED) is 0.529. The highest BCUT2D eigenvalue weighted by molar-refractivity contribution is 6.37. The molecule has 0 fully saturated rings. The number of pyridine rings is 1. The molecule has 3 rings (SSSR count). The van der Waals surface area contributed by atoms with Gasteiger partial charge in [0.05, 0.1) is 10.4 Å². The van der Waals surface area contributed by atoms with Crippen LogP contribution in [0.25, 0.3) is 10.9 Å².